The average Bonchev–Trinajstić information content (AvgIpc) is 3.36. The van der Waals surface area contributed by atoms with Crippen LogP contribution in [-0.4, -0.2) is 68.5 Å². The van der Waals surface area contributed by atoms with Gasteiger partial charge in [-0.15, -0.1) is 21.5 Å². The maximum Gasteiger partial charge on any atom is 0.191 e. The van der Waals surface area contributed by atoms with Gasteiger partial charge in [0, 0.05) is 42.7 Å². The molecule has 3 unspecified atom stereocenters. The molecule has 166 valence electrons. The highest BCUT2D eigenvalue weighted by atomic mass is 32.2. The number of rotatable bonds is 8. The Bertz CT molecular complexity index is 766. The van der Waals surface area contributed by atoms with Gasteiger partial charge >= 0.3 is 0 Å². The van der Waals surface area contributed by atoms with E-state index in [2.05, 4.69) is 51.0 Å². The number of aliphatic hydroxyl groups is 1. The van der Waals surface area contributed by atoms with Crippen LogP contribution in [0.25, 0.3) is 0 Å². The number of nitrogens with zero attached hydrogens (tertiary/aromatic N) is 4. The summed E-state index contributed by atoms with van der Waals surface area (Å²) in [5, 5.41) is 22.9. The van der Waals surface area contributed by atoms with Crippen LogP contribution in [0.1, 0.15) is 62.7 Å². The molecular formula is C22H34N4O2S2. The van der Waals surface area contributed by atoms with E-state index in [9.17, 15) is 5.11 Å². The molecule has 8 heteroatoms. The van der Waals surface area contributed by atoms with Crippen molar-refractivity contribution < 1.29 is 9.84 Å². The van der Waals surface area contributed by atoms with Crippen LogP contribution in [-0.2, 0) is 11.2 Å². The van der Waals surface area contributed by atoms with Gasteiger partial charge in [0.1, 0.15) is 5.82 Å². The molecule has 1 aliphatic heterocycles. The van der Waals surface area contributed by atoms with Crippen molar-refractivity contribution >= 4 is 23.1 Å². The fraction of sp³-hybridized carbons (Fsp3) is 0.727. The second-order valence-corrected chi connectivity index (χ2v) is 10.8. The molecule has 1 saturated heterocycles. The summed E-state index contributed by atoms with van der Waals surface area (Å²) >= 11 is 3.43. The Balaban J connectivity index is 1.40. The van der Waals surface area contributed by atoms with Crippen LogP contribution in [0.2, 0.25) is 0 Å². The Morgan fingerprint density at radius 3 is 2.67 bits per heavy atom. The minimum absolute atomic E-state index is 0.225. The Kier molecular flexibility index (Phi) is 7.86. The third-order valence-corrected chi connectivity index (χ3v) is 7.92. The van der Waals surface area contributed by atoms with E-state index in [1.54, 1.807) is 23.1 Å². The van der Waals surface area contributed by atoms with Gasteiger partial charge in [0.2, 0.25) is 0 Å². The highest BCUT2D eigenvalue weighted by Gasteiger charge is 2.26. The van der Waals surface area contributed by atoms with Gasteiger partial charge in [-0.3, -0.25) is 4.90 Å². The lowest BCUT2D eigenvalue weighted by molar-refractivity contribution is -0.0750. The molecule has 6 nitrogen and oxygen atoms in total. The summed E-state index contributed by atoms with van der Waals surface area (Å²) in [6, 6.07) is 4.76. The van der Waals surface area contributed by atoms with Gasteiger partial charge in [-0.05, 0) is 38.1 Å². The first-order valence-corrected chi connectivity index (χ1v) is 13.1. The van der Waals surface area contributed by atoms with Crippen molar-refractivity contribution in [1.82, 2.24) is 19.7 Å². The van der Waals surface area contributed by atoms with Crippen LogP contribution < -0.4 is 0 Å². The average molecular weight is 451 g/mol. The SMILES string of the molecule is CC1CN(CC(O)CSc2nnc(Cc3cccs3)n2C2CCCCC2)CC(C)O1. The third kappa shape index (κ3) is 5.85. The largest absolute Gasteiger partial charge is 0.391 e. The highest BCUT2D eigenvalue weighted by molar-refractivity contribution is 7.99. The minimum atomic E-state index is -0.384. The number of thiophene rings is 1. The second-order valence-electron chi connectivity index (χ2n) is 8.76. The Hall–Kier alpha value is -0.930. The van der Waals surface area contributed by atoms with Gasteiger partial charge in [-0.25, -0.2) is 0 Å². The van der Waals surface area contributed by atoms with Crippen LogP contribution in [0.5, 0.6) is 0 Å². The number of thioether (sulfide) groups is 1. The molecule has 3 atom stereocenters. The zero-order chi connectivity index (χ0) is 20.9. The van der Waals surface area contributed by atoms with Crippen LogP contribution in [0.15, 0.2) is 22.7 Å². The van der Waals surface area contributed by atoms with E-state index in [4.69, 9.17) is 4.74 Å². The van der Waals surface area contributed by atoms with Gasteiger partial charge < -0.3 is 14.4 Å². The fourth-order valence-corrected chi connectivity index (χ4v) is 6.40. The molecule has 1 N–H and O–H groups in total. The lowest BCUT2D eigenvalue weighted by Crippen LogP contribution is -2.48. The van der Waals surface area contributed by atoms with Crippen molar-refractivity contribution in [3.05, 3.63) is 28.2 Å². The molecule has 2 aromatic heterocycles. The van der Waals surface area contributed by atoms with E-state index in [0.29, 0.717) is 18.3 Å². The molecule has 0 amide bonds. The van der Waals surface area contributed by atoms with Crippen molar-refractivity contribution in [1.29, 1.82) is 0 Å². The van der Waals surface area contributed by atoms with E-state index < -0.39 is 0 Å². The Morgan fingerprint density at radius 1 is 1.20 bits per heavy atom. The summed E-state index contributed by atoms with van der Waals surface area (Å²) in [5.74, 6) is 1.71. The zero-order valence-electron chi connectivity index (χ0n) is 18.1. The van der Waals surface area contributed by atoms with E-state index in [-0.39, 0.29) is 18.3 Å². The number of ether oxygens (including phenoxy) is 1. The van der Waals surface area contributed by atoms with Gasteiger partial charge in [0.15, 0.2) is 5.16 Å². The third-order valence-electron chi connectivity index (χ3n) is 5.96. The molecule has 0 bridgehead atoms. The molecule has 2 aromatic rings. The molecule has 0 aromatic carbocycles. The predicted octanol–water partition coefficient (Wildman–Crippen LogP) is 4.00. The summed E-state index contributed by atoms with van der Waals surface area (Å²) in [5.41, 5.74) is 0. The lowest BCUT2D eigenvalue weighted by atomic mass is 9.95. The summed E-state index contributed by atoms with van der Waals surface area (Å²) < 4.78 is 8.19. The fourth-order valence-electron chi connectivity index (χ4n) is 4.76. The van der Waals surface area contributed by atoms with Crippen molar-refractivity contribution in [3.8, 4) is 0 Å². The summed E-state index contributed by atoms with van der Waals surface area (Å²) in [7, 11) is 0. The monoisotopic (exact) mass is 450 g/mol. The molecule has 4 rings (SSSR count). The van der Waals surface area contributed by atoms with E-state index in [0.717, 1.165) is 30.5 Å². The molecule has 0 radical (unpaired) electrons. The minimum Gasteiger partial charge on any atom is -0.391 e. The molecule has 1 saturated carbocycles. The predicted molar refractivity (Wildman–Crippen MR) is 122 cm³/mol. The van der Waals surface area contributed by atoms with E-state index >= 15 is 0 Å². The standard InChI is InChI=1S/C22H34N4O2S2/c1-16-12-25(13-17(2)28-16)14-19(27)15-30-22-24-23-21(11-20-9-6-10-29-20)26(22)18-7-4-3-5-8-18/h6,9-10,16-19,27H,3-5,7-8,11-15H2,1-2H3. The number of aliphatic hydroxyl groups excluding tert-OH is 1. The smallest absolute Gasteiger partial charge is 0.191 e. The summed E-state index contributed by atoms with van der Waals surface area (Å²) in [4.78, 5) is 3.64. The number of morpholine rings is 1. The van der Waals surface area contributed by atoms with Crippen molar-refractivity contribution in [3.63, 3.8) is 0 Å². The van der Waals surface area contributed by atoms with Crippen molar-refractivity contribution in [2.75, 3.05) is 25.4 Å². The lowest BCUT2D eigenvalue weighted by Gasteiger charge is -2.36. The molecule has 2 aliphatic rings. The van der Waals surface area contributed by atoms with Gasteiger partial charge in [-0.1, -0.05) is 37.1 Å². The topological polar surface area (TPSA) is 63.4 Å². The molecule has 2 fully saturated rings. The van der Waals surface area contributed by atoms with Gasteiger partial charge in [0.25, 0.3) is 0 Å². The van der Waals surface area contributed by atoms with Gasteiger partial charge in [0.05, 0.1) is 18.3 Å². The van der Waals surface area contributed by atoms with Crippen molar-refractivity contribution in [2.24, 2.45) is 0 Å². The number of hydrogen-bond donors (Lipinski definition) is 1. The molecule has 0 spiro atoms. The normalized spacial score (nSPS) is 24.9. The maximum atomic E-state index is 10.7. The number of β-amino-alcohol motifs (C(OH)–C–C–N with tert-alkyl or cyclic N) is 1. The van der Waals surface area contributed by atoms with Crippen molar-refractivity contribution in [2.45, 2.75) is 81.9 Å². The molecule has 3 heterocycles. The van der Waals surface area contributed by atoms with Gasteiger partial charge in [-0.2, -0.15) is 0 Å². The van der Waals surface area contributed by atoms with Crippen LogP contribution in [0.4, 0.5) is 0 Å². The molecule has 30 heavy (non-hydrogen) atoms. The number of hydrogen-bond acceptors (Lipinski definition) is 7. The first-order valence-electron chi connectivity index (χ1n) is 11.2. The second kappa shape index (κ2) is 10.6. The van der Waals surface area contributed by atoms with Crippen LogP contribution in [0, 0.1) is 0 Å². The van der Waals surface area contributed by atoms with E-state index in [1.807, 2.05) is 0 Å². The maximum absolute atomic E-state index is 10.7. The number of aromatic nitrogens is 3. The quantitative estimate of drug-likeness (QED) is 0.614. The summed E-state index contributed by atoms with van der Waals surface area (Å²) in [6.45, 7) is 6.66. The molecule has 1 aliphatic carbocycles. The summed E-state index contributed by atoms with van der Waals surface area (Å²) in [6.07, 6.45) is 7.20. The Labute approximate surface area is 188 Å². The van der Waals surface area contributed by atoms with E-state index in [1.165, 1.54) is 37.0 Å². The molecular weight excluding hydrogens is 416 g/mol. The highest BCUT2D eigenvalue weighted by Crippen LogP contribution is 2.33. The van der Waals surface area contributed by atoms with Crippen LogP contribution in [0.3, 0.4) is 0 Å². The first kappa shape index (κ1) is 22.3. The van der Waals surface area contributed by atoms with Crippen LogP contribution >= 0.6 is 23.1 Å². The first-order chi connectivity index (χ1) is 14.6. The zero-order valence-corrected chi connectivity index (χ0v) is 19.7. The Morgan fingerprint density at radius 2 is 1.97 bits per heavy atom.